The molecular formula is C15H30N2O2. The highest BCUT2D eigenvalue weighted by molar-refractivity contribution is 5.07. The quantitative estimate of drug-likeness (QED) is 0.608. The first-order valence-corrected chi connectivity index (χ1v) is 7.48. The summed E-state index contributed by atoms with van der Waals surface area (Å²) >= 11 is 0. The highest BCUT2D eigenvalue weighted by Gasteiger charge is 2.55. The van der Waals surface area contributed by atoms with Gasteiger partial charge >= 0.3 is 0 Å². The van der Waals surface area contributed by atoms with Crippen LogP contribution in [0, 0.1) is 5.92 Å². The van der Waals surface area contributed by atoms with Gasteiger partial charge in [-0.05, 0) is 47.0 Å². The van der Waals surface area contributed by atoms with E-state index in [1.54, 1.807) is 0 Å². The molecule has 1 aliphatic carbocycles. The molecule has 3 N–H and O–H groups in total. The highest BCUT2D eigenvalue weighted by atomic mass is 16.5. The molecule has 1 aliphatic heterocycles. The normalized spacial score (nSPS) is 33.5. The maximum Gasteiger partial charge on any atom is 0.0848 e. The van der Waals surface area contributed by atoms with Gasteiger partial charge in [0, 0.05) is 13.0 Å². The Labute approximate surface area is 117 Å². The van der Waals surface area contributed by atoms with Gasteiger partial charge < -0.3 is 9.47 Å². The molecular weight excluding hydrogens is 240 g/mol. The minimum absolute atomic E-state index is 0.0865. The van der Waals surface area contributed by atoms with Crippen molar-refractivity contribution in [1.82, 2.24) is 5.43 Å². The molecule has 2 fully saturated rings. The number of hydrogen-bond acceptors (Lipinski definition) is 4. The van der Waals surface area contributed by atoms with Crippen LogP contribution in [-0.2, 0) is 9.47 Å². The largest absolute Gasteiger partial charge is 0.377 e. The average molecular weight is 270 g/mol. The van der Waals surface area contributed by atoms with E-state index in [1.807, 2.05) is 7.11 Å². The van der Waals surface area contributed by atoms with Crippen LogP contribution in [0.2, 0.25) is 0 Å². The van der Waals surface area contributed by atoms with E-state index < -0.39 is 0 Å². The number of rotatable bonds is 4. The standard InChI is InChI=1S/C15H30N2O2/c1-13(2)10-11(14(3,4)19-13)12(17-16)15(18-5)8-6-7-9-15/h11-12,17H,6-10,16H2,1-5H3. The highest BCUT2D eigenvalue weighted by Crippen LogP contribution is 2.48. The van der Waals surface area contributed by atoms with E-state index in [1.165, 1.54) is 12.8 Å². The Bertz CT molecular complexity index is 322. The lowest BCUT2D eigenvalue weighted by molar-refractivity contribution is -0.102. The number of hydrazine groups is 1. The molecule has 112 valence electrons. The maximum absolute atomic E-state index is 6.23. The molecule has 19 heavy (non-hydrogen) atoms. The summed E-state index contributed by atoms with van der Waals surface area (Å²) in [6.45, 7) is 8.68. The summed E-state index contributed by atoms with van der Waals surface area (Å²) in [5.74, 6) is 6.28. The molecule has 2 unspecified atom stereocenters. The van der Waals surface area contributed by atoms with Crippen LogP contribution in [0.3, 0.4) is 0 Å². The first kappa shape index (κ1) is 15.2. The molecule has 4 heteroatoms. The minimum Gasteiger partial charge on any atom is -0.377 e. The van der Waals surface area contributed by atoms with Crippen LogP contribution in [0.25, 0.3) is 0 Å². The zero-order valence-electron chi connectivity index (χ0n) is 13.1. The zero-order chi connectivity index (χ0) is 14.3. The molecule has 0 amide bonds. The predicted octanol–water partition coefficient (Wildman–Crippen LogP) is 2.37. The SMILES string of the molecule is COC1(C(NN)C2CC(C)(C)OC2(C)C)CCCC1. The van der Waals surface area contributed by atoms with Crippen molar-refractivity contribution < 1.29 is 9.47 Å². The molecule has 0 aromatic rings. The van der Waals surface area contributed by atoms with E-state index in [0.29, 0.717) is 5.92 Å². The summed E-state index contributed by atoms with van der Waals surface area (Å²) < 4.78 is 12.2. The lowest BCUT2D eigenvalue weighted by Crippen LogP contribution is -2.60. The summed E-state index contributed by atoms with van der Waals surface area (Å²) in [4.78, 5) is 0. The Morgan fingerprint density at radius 1 is 1.21 bits per heavy atom. The Hall–Kier alpha value is -0.160. The molecule has 1 saturated heterocycles. The monoisotopic (exact) mass is 270 g/mol. The van der Waals surface area contributed by atoms with E-state index in [9.17, 15) is 0 Å². The lowest BCUT2D eigenvalue weighted by atomic mass is 9.74. The van der Waals surface area contributed by atoms with Gasteiger partial charge in [-0.2, -0.15) is 0 Å². The van der Waals surface area contributed by atoms with E-state index >= 15 is 0 Å². The second-order valence-electron chi connectivity index (χ2n) is 7.40. The third kappa shape index (κ3) is 2.68. The summed E-state index contributed by atoms with van der Waals surface area (Å²) in [7, 11) is 1.82. The molecule has 1 heterocycles. The van der Waals surface area contributed by atoms with Crippen LogP contribution in [0.4, 0.5) is 0 Å². The van der Waals surface area contributed by atoms with E-state index in [4.69, 9.17) is 15.3 Å². The van der Waals surface area contributed by atoms with Crippen LogP contribution in [0.1, 0.15) is 59.8 Å². The Morgan fingerprint density at radius 3 is 2.16 bits per heavy atom. The van der Waals surface area contributed by atoms with Gasteiger partial charge in [-0.25, -0.2) is 0 Å². The Balaban J connectivity index is 2.27. The molecule has 2 rings (SSSR count). The van der Waals surface area contributed by atoms with Gasteiger partial charge in [0.15, 0.2) is 0 Å². The fourth-order valence-corrected chi connectivity index (χ4v) is 4.37. The molecule has 1 saturated carbocycles. The van der Waals surface area contributed by atoms with E-state index in [-0.39, 0.29) is 22.8 Å². The Morgan fingerprint density at radius 2 is 1.79 bits per heavy atom. The van der Waals surface area contributed by atoms with Crippen LogP contribution in [0.15, 0.2) is 0 Å². The number of hydrogen-bond donors (Lipinski definition) is 2. The van der Waals surface area contributed by atoms with Crippen molar-refractivity contribution in [3.63, 3.8) is 0 Å². The summed E-state index contributed by atoms with van der Waals surface area (Å²) in [6.07, 6.45) is 5.64. The van der Waals surface area contributed by atoms with Crippen molar-refractivity contribution in [3.8, 4) is 0 Å². The van der Waals surface area contributed by atoms with Gasteiger partial charge in [0.2, 0.25) is 0 Å². The molecule has 2 aliphatic rings. The first-order valence-electron chi connectivity index (χ1n) is 7.48. The van der Waals surface area contributed by atoms with Crippen LogP contribution in [0.5, 0.6) is 0 Å². The van der Waals surface area contributed by atoms with Gasteiger partial charge in [-0.15, -0.1) is 0 Å². The van der Waals surface area contributed by atoms with Crippen molar-refractivity contribution in [2.24, 2.45) is 11.8 Å². The molecule has 0 aromatic carbocycles. The number of nitrogens with one attached hydrogen (secondary N) is 1. The first-order chi connectivity index (χ1) is 8.76. The fourth-order valence-electron chi connectivity index (χ4n) is 4.37. The smallest absolute Gasteiger partial charge is 0.0848 e. The Kier molecular flexibility index (Phi) is 4.00. The number of methoxy groups -OCH3 is 1. The van der Waals surface area contributed by atoms with E-state index in [2.05, 4.69) is 33.1 Å². The predicted molar refractivity (Wildman–Crippen MR) is 76.7 cm³/mol. The molecule has 0 bridgehead atoms. The van der Waals surface area contributed by atoms with E-state index in [0.717, 1.165) is 19.3 Å². The topological polar surface area (TPSA) is 56.5 Å². The van der Waals surface area contributed by atoms with Gasteiger partial charge in [0.1, 0.15) is 0 Å². The second-order valence-corrected chi connectivity index (χ2v) is 7.40. The number of ether oxygens (including phenoxy) is 2. The zero-order valence-corrected chi connectivity index (χ0v) is 13.1. The summed E-state index contributed by atoms with van der Waals surface area (Å²) in [5, 5.41) is 0. The lowest BCUT2D eigenvalue weighted by Gasteiger charge is -2.43. The van der Waals surface area contributed by atoms with Crippen molar-refractivity contribution in [1.29, 1.82) is 0 Å². The average Bonchev–Trinajstić information content (AvgIpc) is 2.84. The third-order valence-electron chi connectivity index (χ3n) is 5.15. The van der Waals surface area contributed by atoms with Crippen LogP contribution >= 0.6 is 0 Å². The molecule has 2 atom stereocenters. The molecule has 0 aromatic heterocycles. The molecule has 0 spiro atoms. The van der Waals surface area contributed by atoms with Gasteiger partial charge in [-0.1, -0.05) is 12.8 Å². The van der Waals surface area contributed by atoms with Crippen molar-refractivity contribution in [2.45, 2.75) is 82.6 Å². The number of nitrogens with two attached hydrogens (primary N) is 1. The maximum atomic E-state index is 6.23. The third-order valence-corrected chi connectivity index (χ3v) is 5.15. The molecule has 4 nitrogen and oxygen atoms in total. The van der Waals surface area contributed by atoms with Crippen LogP contribution in [-0.4, -0.2) is 30.0 Å². The van der Waals surface area contributed by atoms with Crippen LogP contribution < -0.4 is 11.3 Å². The van der Waals surface area contributed by atoms with Crippen molar-refractivity contribution in [2.75, 3.05) is 7.11 Å². The second kappa shape index (κ2) is 4.99. The van der Waals surface area contributed by atoms with Crippen molar-refractivity contribution >= 4 is 0 Å². The van der Waals surface area contributed by atoms with Gasteiger partial charge in [-0.3, -0.25) is 11.3 Å². The van der Waals surface area contributed by atoms with Gasteiger partial charge in [0.05, 0.1) is 22.8 Å². The molecule has 0 radical (unpaired) electrons. The minimum atomic E-state index is -0.172. The summed E-state index contributed by atoms with van der Waals surface area (Å²) in [6, 6.07) is 0.150. The van der Waals surface area contributed by atoms with Crippen molar-refractivity contribution in [3.05, 3.63) is 0 Å². The fraction of sp³-hybridized carbons (Fsp3) is 1.00. The summed E-state index contributed by atoms with van der Waals surface area (Å²) in [5.41, 5.74) is 2.68. The van der Waals surface area contributed by atoms with Gasteiger partial charge in [0.25, 0.3) is 0 Å².